The molecule has 5 heterocycles. The van der Waals surface area contributed by atoms with Gasteiger partial charge in [0.15, 0.2) is 0 Å². The molecule has 4 aromatic rings. The second kappa shape index (κ2) is 10.8. The Morgan fingerprint density at radius 3 is 2.77 bits per heavy atom. The summed E-state index contributed by atoms with van der Waals surface area (Å²) in [6.07, 6.45) is 1.25. The molecule has 6 rings (SSSR count). The highest BCUT2D eigenvalue weighted by Crippen LogP contribution is 2.29. The van der Waals surface area contributed by atoms with Crippen LogP contribution >= 0.6 is 0 Å². The maximum Gasteiger partial charge on any atom is 0.409 e. The van der Waals surface area contributed by atoms with Gasteiger partial charge in [0.2, 0.25) is 5.89 Å². The van der Waals surface area contributed by atoms with E-state index in [0.717, 1.165) is 24.5 Å². The van der Waals surface area contributed by atoms with E-state index in [-0.39, 0.29) is 17.9 Å². The SMILES string of the molecule is CCOC(=O)N1CC(c2nc(Nc3ccc(C)c(NC(=O)c4cnc5cccc(N6CCOCC6)n45)c3)no2)C1. The van der Waals surface area contributed by atoms with Crippen molar-refractivity contribution in [1.82, 2.24) is 24.4 Å². The Balaban J connectivity index is 1.15. The molecule has 2 aliphatic heterocycles. The summed E-state index contributed by atoms with van der Waals surface area (Å²) in [4.78, 5) is 37.9. The van der Waals surface area contributed by atoms with Gasteiger partial charge in [0.1, 0.15) is 17.2 Å². The van der Waals surface area contributed by atoms with Gasteiger partial charge >= 0.3 is 6.09 Å². The van der Waals surface area contributed by atoms with Gasteiger partial charge in [-0.15, -0.1) is 0 Å². The van der Waals surface area contributed by atoms with Crippen molar-refractivity contribution in [3.63, 3.8) is 0 Å². The number of benzene rings is 1. The quantitative estimate of drug-likeness (QED) is 0.354. The van der Waals surface area contributed by atoms with Crippen LogP contribution in [0.25, 0.3) is 5.65 Å². The number of imidazole rings is 1. The molecule has 0 radical (unpaired) electrons. The van der Waals surface area contributed by atoms with Crippen molar-refractivity contribution < 1.29 is 23.6 Å². The van der Waals surface area contributed by atoms with Crippen LogP contribution in [0.4, 0.5) is 27.9 Å². The number of likely N-dealkylation sites (tertiary alicyclic amines) is 1. The number of nitrogens with zero attached hydrogens (tertiary/aromatic N) is 6. The number of rotatable bonds is 7. The van der Waals surface area contributed by atoms with Crippen molar-refractivity contribution >= 4 is 40.8 Å². The second-order valence-electron chi connectivity index (χ2n) is 9.69. The Kier molecular flexibility index (Phi) is 6.95. The van der Waals surface area contributed by atoms with Gasteiger partial charge in [-0.25, -0.2) is 9.78 Å². The van der Waals surface area contributed by atoms with E-state index in [9.17, 15) is 9.59 Å². The predicted octanol–water partition coefficient (Wildman–Crippen LogP) is 3.41. The molecule has 0 spiro atoms. The Morgan fingerprint density at radius 2 is 1.98 bits per heavy atom. The number of nitrogens with one attached hydrogen (secondary N) is 2. The lowest BCUT2D eigenvalue weighted by Crippen LogP contribution is -2.48. The summed E-state index contributed by atoms with van der Waals surface area (Å²) in [5.41, 5.74) is 3.35. The minimum absolute atomic E-state index is 0.0341. The summed E-state index contributed by atoms with van der Waals surface area (Å²) < 4.78 is 17.8. The van der Waals surface area contributed by atoms with Crippen LogP contribution in [0.5, 0.6) is 0 Å². The number of morpholine rings is 1. The molecule has 0 bridgehead atoms. The molecule has 13 heteroatoms. The largest absolute Gasteiger partial charge is 0.450 e. The van der Waals surface area contributed by atoms with Crippen molar-refractivity contribution in [3.05, 3.63) is 59.7 Å². The van der Waals surface area contributed by atoms with E-state index in [2.05, 4.69) is 30.7 Å². The lowest BCUT2D eigenvalue weighted by Gasteiger charge is -2.35. The number of aryl methyl sites for hydroxylation is 1. The summed E-state index contributed by atoms with van der Waals surface area (Å²) >= 11 is 0. The van der Waals surface area contributed by atoms with Crippen LogP contribution in [0, 0.1) is 6.92 Å². The average Bonchev–Trinajstić information content (AvgIpc) is 3.58. The molecule has 40 heavy (non-hydrogen) atoms. The lowest BCUT2D eigenvalue weighted by atomic mass is 10.0. The Labute approximate surface area is 230 Å². The van der Waals surface area contributed by atoms with Crippen LogP contribution in [0.3, 0.4) is 0 Å². The first kappa shape index (κ1) is 25.6. The topological polar surface area (TPSA) is 139 Å². The van der Waals surface area contributed by atoms with Crippen LogP contribution in [-0.4, -0.2) is 82.4 Å². The molecule has 3 aromatic heterocycles. The van der Waals surface area contributed by atoms with Crippen LogP contribution in [0.15, 0.2) is 47.1 Å². The minimum Gasteiger partial charge on any atom is -0.450 e. The number of hydrogen-bond donors (Lipinski definition) is 2. The molecule has 0 saturated carbocycles. The number of anilines is 4. The Hall–Kier alpha value is -4.65. The van der Waals surface area contributed by atoms with Crippen LogP contribution in [0.2, 0.25) is 0 Å². The molecule has 0 unspecified atom stereocenters. The monoisotopic (exact) mass is 546 g/mol. The molecular formula is C27H30N8O5. The van der Waals surface area contributed by atoms with Crippen LogP contribution in [0.1, 0.15) is 34.8 Å². The summed E-state index contributed by atoms with van der Waals surface area (Å²) in [6, 6.07) is 11.4. The lowest BCUT2D eigenvalue weighted by molar-refractivity contribution is 0.0686. The average molecular weight is 547 g/mol. The van der Waals surface area contributed by atoms with E-state index in [1.165, 1.54) is 0 Å². The molecule has 1 aromatic carbocycles. The fraction of sp³-hybridized carbons (Fsp3) is 0.370. The maximum atomic E-state index is 13.5. The molecule has 13 nitrogen and oxygen atoms in total. The fourth-order valence-corrected chi connectivity index (χ4v) is 4.82. The van der Waals surface area contributed by atoms with Gasteiger partial charge in [-0.2, -0.15) is 4.98 Å². The Bertz CT molecular complexity index is 1540. The van der Waals surface area contributed by atoms with E-state index in [0.29, 0.717) is 67.5 Å². The van der Waals surface area contributed by atoms with Crippen molar-refractivity contribution in [3.8, 4) is 0 Å². The smallest absolute Gasteiger partial charge is 0.409 e. The van der Waals surface area contributed by atoms with Gasteiger partial charge in [-0.1, -0.05) is 12.1 Å². The van der Waals surface area contributed by atoms with Crippen LogP contribution < -0.4 is 15.5 Å². The van der Waals surface area contributed by atoms with E-state index >= 15 is 0 Å². The standard InChI is InChI=1S/C27H30N8O5/c1-3-39-27(37)34-15-18(16-34)25-31-26(32-40-25)29-19-8-7-17(2)20(13-19)30-24(36)21-14-28-22-5-4-6-23(35(21)22)33-9-11-38-12-10-33/h4-8,13-14,18H,3,9-12,15-16H2,1-2H3,(H,29,32)(H,30,36). The van der Waals surface area contributed by atoms with E-state index in [1.807, 2.05) is 47.7 Å². The zero-order chi connectivity index (χ0) is 27.6. The van der Waals surface area contributed by atoms with Crippen molar-refractivity contribution in [2.45, 2.75) is 19.8 Å². The van der Waals surface area contributed by atoms with Crippen LogP contribution in [-0.2, 0) is 9.47 Å². The number of hydrogen-bond acceptors (Lipinski definition) is 10. The molecule has 208 valence electrons. The van der Waals surface area contributed by atoms with Gasteiger partial charge in [0.25, 0.3) is 11.9 Å². The number of amides is 2. The predicted molar refractivity (Wildman–Crippen MR) is 146 cm³/mol. The van der Waals surface area contributed by atoms with Gasteiger partial charge in [-0.3, -0.25) is 9.20 Å². The highest BCUT2D eigenvalue weighted by Gasteiger charge is 2.36. The van der Waals surface area contributed by atoms with Gasteiger partial charge in [0.05, 0.1) is 31.9 Å². The summed E-state index contributed by atoms with van der Waals surface area (Å²) in [6.45, 7) is 7.74. The minimum atomic E-state index is -0.341. The number of fused-ring (bicyclic) bond motifs is 1. The maximum absolute atomic E-state index is 13.5. The third-order valence-electron chi connectivity index (χ3n) is 7.02. The third kappa shape index (κ3) is 5.02. The molecule has 2 aliphatic rings. The summed E-state index contributed by atoms with van der Waals surface area (Å²) in [7, 11) is 0. The van der Waals surface area contributed by atoms with E-state index in [4.69, 9.17) is 14.0 Å². The number of pyridine rings is 1. The van der Waals surface area contributed by atoms with Crippen molar-refractivity contribution in [2.75, 3.05) is 61.5 Å². The normalized spacial score (nSPS) is 15.7. The van der Waals surface area contributed by atoms with Gasteiger partial charge in [-0.05, 0) is 48.8 Å². The zero-order valence-electron chi connectivity index (χ0n) is 22.3. The highest BCUT2D eigenvalue weighted by molar-refractivity contribution is 6.04. The number of carbonyl (C=O) groups is 2. The molecule has 0 atom stereocenters. The van der Waals surface area contributed by atoms with E-state index < -0.39 is 0 Å². The van der Waals surface area contributed by atoms with E-state index in [1.54, 1.807) is 18.0 Å². The van der Waals surface area contributed by atoms with Crippen molar-refractivity contribution in [2.24, 2.45) is 0 Å². The fourth-order valence-electron chi connectivity index (χ4n) is 4.82. The third-order valence-corrected chi connectivity index (χ3v) is 7.02. The Morgan fingerprint density at radius 1 is 1.15 bits per heavy atom. The zero-order valence-corrected chi connectivity index (χ0v) is 22.3. The molecule has 2 fully saturated rings. The number of carbonyl (C=O) groups excluding carboxylic acids is 2. The second-order valence-corrected chi connectivity index (χ2v) is 9.69. The van der Waals surface area contributed by atoms with Gasteiger partial charge in [0, 0.05) is 37.6 Å². The number of ether oxygens (including phenoxy) is 2. The molecule has 0 aliphatic carbocycles. The highest BCUT2D eigenvalue weighted by atomic mass is 16.6. The summed E-state index contributed by atoms with van der Waals surface area (Å²) in [5.74, 6) is 1.34. The summed E-state index contributed by atoms with van der Waals surface area (Å²) in [5, 5.41) is 10.2. The molecule has 2 N–H and O–H groups in total. The van der Waals surface area contributed by atoms with Gasteiger partial charge < -0.3 is 34.4 Å². The first-order chi connectivity index (χ1) is 19.5. The molecule has 2 saturated heterocycles. The molecule has 2 amide bonds. The molecular weight excluding hydrogens is 516 g/mol. The van der Waals surface area contributed by atoms with Crippen molar-refractivity contribution in [1.29, 1.82) is 0 Å². The first-order valence-electron chi connectivity index (χ1n) is 13.2. The first-order valence-corrected chi connectivity index (χ1v) is 13.2. The number of aromatic nitrogens is 4.